The van der Waals surface area contributed by atoms with E-state index in [-0.39, 0.29) is 17.3 Å². The van der Waals surface area contributed by atoms with Crippen LogP contribution in [0.3, 0.4) is 0 Å². The van der Waals surface area contributed by atoms with E-state index in [2.05, 4.69) is 5.32 Å². The molecule has 0 atom stereocenters. The highest BCUT2D eigenvalue weighted by molar-refractivity contribution is 6.31. The summed E-state index contributed by atoms with van der Waals surface area (Å²) in [7, 11) is 1.62. The van der Waals surface area contributed by atoms with E-state index >= 15 is 0 Å². The van der Waals surface area contributed by atoms with Crippen LogP contribution in [0.2, 0.25) is 5.02 Å². The number of halogens is 2. The van der Waals surface area contributed by atoms with E-state index in [9.17, 15) is 14.3 Å². The van der Waals surface area contributed by atoms with E-state index in [0.29, 0.717) is 24.2 Å². The predicted octanol–water partition coefficient (Wildman–Crippen LogP) is 5.79. The molecule has 170 valence electrons. The number of ether oxygens (including phenoxy) is 1. The van der Waals surface area contributed by atoms with Crippen LogP contribution in [0.4, 0.5) is 4.39 Å². The van der Waals surface area contributed by atoms with Crippen molar-refractivity contribution in [2.24, 2.45) is 0 Å². The van der Waals surface area contributed by atoms with Gasteiger partial charge in [-0.15, -0.1) is 0 Å². The smallest absolute Gasteiger partial charge is 0.352 e. The van der Waals surface area contributed by atoms with Crippen LogP contribution in [0.25, 0.3) is 10.9 Å². The monoisotopic (exact) mass is 466 g/mol. The molecule has 0 aliphatic rings. The maximum Gasteiger partial charge on any atom is 0.352 e. The zero-order chi connectivity index (χ0) is 23.5. The average molecular weight is 467 g/mol. The standard InChI is InChI=1S/C26H24ClFN2O3/c1-16-7-10-20-21(14-29-13-17-5-3-4-6-24(17)33-2)25(26(31)32)30(23(20)11-16)15-18-8-9-19(28)12-22(18)27/h3-12,29H,13-15H2,1-2H3,(H,31,32). The van der Waals surface area contributed by atoms with Crippen LogP contribution in [-0.4, -0.2) is 22.8 Å². The summed E-state index contributed by atoms with van der Waals surface area (Å²) in [5, 5.41) is 14.6. The molecule has 0 spiro atoms. The van der Waals surface area contributed by atoms with Gasteiger partial charge in [-0.25, -0.2) is 9.18 Å². The van der Waals surface area contributed by atoms with E-state index in [1.165, 1.54) is 12.1 Å². The number of hydrogen-bond acceptors (Lipinski definition) is 3. The third kappa shape index (κ3) is 4.72. The molecule has 33 heavy (non-hydrogen) atoms. The lowest BCUT2D eigenvalue weighted by atomic mass is 10.1. The van der Waals surface area contributed by atoms with Crippen molar-refractivity contribution < 1.29 is 19.0 Å². The van der Waals surface area contributed by atoms with Crippen LogP contribution in [0, 0.1) is 12.7 Å². The van der Waals surface area contributed by atoms with Crippen molar-refractivity contribution in [2.45, 2.75) is 26.6 Å². The predicted molar refractivity (Wildman–Crippen MR) is 128 cm³/mol. The zero-order valence-electron chi connectivity index (χ0n) is 18.4. The van der Waals surface area contributed by atoms with E-state index in [1.54, 1.807) is 17.7 Å². The van der Waals surface area contributed by atoms with Gasteiger partial charge in [0.05, 0.1) is 7.11 Å². The first-order valence-electron chi connectivity index (χ1n) is 10.5. The lowest BCUT2D eigenvalue weighted by Gasteiger charge is -2.12. The number of fused-ring (bicyclic) bond motifs is 1. The van der Waals surface area contributed by atoms with Crippen molar-refractivity contribution in [1.29, 1.82) is 0 Å². The molecule has 0 amide bonds. The third-order valence-corrected chi connectivity index (χ3v) is 6.03. The molecule has 0 bridgehead atoms. The van der Waals surface area contributed by atoms with Crippen LogP contribution in [0.1, 0.15) is 32.7 Å². The van der Waals surface area contributed by atoms with Gasteiger partial charge in [0.15, 0.2) is 0 Å². The van der Waals surface area contributed by atoms with Crippen molar-refractivity contribution in [3.8, 4) is 5.75 Å². The summed E-state index contributed by atoms with van der Waals surface area (Å²) in [6.45, 7) is 3.05. The van der Waals surface area contributed by atoms with Crippen LogP contribution < -0.4 is 10.1 Å². The Balaban J connectivity index is 1.74. The number of aromatic carboxylic acids is 1. The van der Waals surface area contributed by atoms with Crippen LogP contribution in [0.5, 0.6) is 5.75 Å². The van der Waals surface area contributed by atoms with Gasteiger partial charge in [-0.1, -0.05) is 48.0 Å². The summed E-state index contributed by atoms with van der Waals surface area (Å²) in [5.41, 5.74) is 4.30. The van der Waals surface area contributed by atoms with Crippen LogP contribution >= 0.6 is 11.6 Å². The summed E-state index contributed by atoms with van der Waals surface area (Å²) < 4.78 is 20.7. The normalized spacial score (nSPS) is 11.2. The SMILES string of the molecule is COc1ccccc1CNCc1c(C(=O)O)n(Cc2ccc(F)cc2Cl)c2cc(C)ccc12. The van der Waals surface area contributed by atoms with Gasteiger partial charge < -0.3 is 19.7 Å². The Hall–Kier alpha value is -3.35. The molecule has 0 saturated heterocycles. The van der Waals surface area contributed by atoms with Gasteiger partial charge in [0, 0.05) is 46.7 Å². The molecule has 4 rings (SSSR count). The maximum atomic E-state index is 13.5. The number of nitrogens with one attached hydrogen (secondary N) is 1. The van der Waals surface area contributed by atoms with E-state index in [0.717, 1.165) is 27.8 Å². The molecular formula is C26H24ClFN2O3. The first-order valence-corrected chi connectivity index (χ1v) is 10.9. The molecule has 2 N–H and O–H groups in total. The largest absolute Gasteiger partial charge is 0.496 e. The number of aromatic nitrogens is 1. The van der Waals surface area contributed by atoms with Gasteiger partial charge in [0.2, 0.25) is 0 Å². The molecular weight excluding hydrogens is 443 g/mol. The lowest BCUT2D eigenvalue weighted by molar-refractivity contribution is 0.0684. The van der Waals surface area contributed by atoms with Crippen molar-refractivity contribution >= 4 is 28.5 Å². The highest BCUT2D eigenvalue weighted by Gasteiger charge is 2.23. The Morgan fingerprint density at radius 3 is 2.61 bits per heavy atom. The molecule has 7 heteroatoms. The highest BCUT2D eigenvalue weighted by atomic mass is 35.5. The number of nitrogens with zero attached hydrogens (tertiary/aromatic N) is 1. The maximum absolute atomic E-state index is 13.5. The van der Waals surface area contributed by atoms with Crippen LogP contribution in [0.15, 0.2) is 60.7 Å². The molecule has 0 saturated carbocycles. The molecule has 0 aliphatic heterocycles. The molecule has 0 unspecified atom stereocenters. The summed E-state index contributed by atoms with van der Waals surface area (Å²) in [6.07, 6.45) is 0. The summed E-state index contributed by atoms with van der Waals surface area (Å²) in [5.74, 6) is -0.694. The van der Waals surface area contributed by atoms with E-state index in [4.69, 9.17) is 16.3 Å². The quantitative estimate of drug-likeness (QED) is 0.345. The third-order valence-electron chi connectivity index (χ3n) is 5.68. The average Bonchev–Trinajstić information content (AvgIpc) is 3.08. The molecule has 0 radical (unpaired) electrons. The first kappa shape index (κ1) is 22.8. The summed E-state index contributed by atoms with van der Waals surface area (Å²) in [6, 6.07) is 17.7. The fourth-order valence-corrected chi connectivity index (χ4v) is 4.34. The molecule has 4 aromatic rings. The lowest BCUT2D eigenvalue weighted by Crippen LogP contribution is -2.17. The Bertz CT molecular complexity index is 1330. The highest BCUT2D eigenvalue weighted by Crippen LogP contribution is 2.30. The van der Waals surface area contributed by atoms with Crippen LogP contribution in [-0.2, 0) is 19.6 Å². The number of carboxylic acid groups (broad SMARTS) is 1. The Morgan fingerprint density at radius 1 is 1.09 bits per heavy atom. The number of carbonyl (C=O) groups is 1. The minimum Gasteiger partial charge on any atom is -0.496 e. The minimum absolute atomic E-state index is 0.184. The van der Waals surface area contributed by atoms with Gasteiger partial charge in [-0.3, -0.25) is 0 Å². The van der Waals surface area contributed by atoms with Gasteiger partial charge in [0.1, 0.15) is 17.3 Å². The van der Waals surface area contributed by atoms with Crippen molar-refractivity contribution in [1.82, 2.24) is 9.88 Å². The number of benzene rings is 3. The fraction of sp³-hybridized carbons (Fsp3) is 0.192. The zero-order valence-corrected chi connectivity index (χ0v) is 19.1. The van der Waals surface area contributed by atoms with E-state index < -0.39 is 11.8 Å². The molecule has 3 aromatic carbocycles. The number of para-hydroxylation sites is 1. The van der Waals surface area contributed by atoms with Gasteiger partial charge in [-0.05, 0) is 42.3 Å². The second-order valence-corrected chi connectivity index (χ2v) is 8.30. The number of rotatable bonds is 8. The number of aryl methyl sites for hydroxylation is 1. The number of methoxy groups -OCH3 is 1. The van der Waals surface area contributed by atoms with Crippen molar-refractivity contribution in [2.75, 3.05) is 7.11 Å². The summed E-state index contributed by atoms with van der Waals surface area (Å²) in [4.78, 5) is 12.4. The first-order chi connectivity index (χ1) is 15.9. The minimum atomic E-state index is -1.03. The fourth-order valence-electron chi connectivity index (χ4n) is 4.11. The molecule has 0 aliphatic carbocycles. The summed E-state index contributed by atoms with van der Waals surface area (Å²) >= 11 is 6.26. The molecule has 0 fully saturated rings. The van der Waals surface area contributed by atoms with Gasteiger partial charge in [-0.2, -0.15) is 0 Å². The molecule has 1 heterocycles. The molecule has 1 aromatic heterocycles. The second kappa shape index (κ2) is 9.65. The number of hydrogen-bond donors (Lipinski definition) is 2. The molecule has 5 nitrogen and oxygen atoms in total. The topological polar surface area (TPSA) is 63.5 Å². The Labute approximate surface area is 196 Å². The second-order valence-electron chi connectivity index (χ2n) is 7.89. The van der Waals surface area contributed by atoms with Crippen molar-refractivity contribution in [3.63, 3.8) is 0 Å². The Morgan fingerprint density at radius 2 is 1.88 bits per heavy atom. The van der Waals surface area contributed by atoms with E-state index in [1.807, 2.05) is 49.4 Å². The van der Waals surface area contributed by atoms with Gasteiger partial charge >= 0.3 is 5.97 Å². The van der Waals surface area contributed by atoms with Crippen molar-refractivity contribution in [3.05, 3.63) is 99.5 Å². The van der Waals surface area contributed by atoms with Gasteiger partial charge in [0.25, 0.3) is 0 Å². The Kier molecular flexibility index (Phi) is 6.67. The number of carboxylic acids is 1.